The van der Waals surface area contributed by atoms with E-state index < -0.39 is 5.97 Å². The fourth-order valence-corrected chi connectivity index (χ4v) is 5.75. The van der Waals surface area contributed by atoms with Crippen LogP contribution in [-0.2, 0) is 12.8 Å². The molecule has 0 spiro atoms. The second-order valence-corrected chi connectivity index (χ2v) is 10.2. The molecule has 37 heavy (non-hydrogen) atoms. The average molecular weight is 487 g/mol. The molecule has 0 fully saturated rings. The van der Waals surface area contributed by atoms with E-state index in [1.54, 1.807) is 29.3 Å². The quantitative estimate of drug-likeness (QED) is 0.250. The van der Waals surface area contributed by atoms with Crippen LogP contribution >= 0.6 is 0 Å². The number of carbonyl (C=O) groups is 1. The number of aryl methyl sites for hydroxylation is 1. The van der Waals surface area contributed by atoms with Crippen LogP contribution in [-0.4, -0.2) is 41.1 Å². The smallest absolute Gasteiger partial charge is 0.335 e. The highest BCUT2D eigenvalue weighted by molar-refractivity contribution is 6.10. The summed E-state index contributed by atoms with van der Waals surface area (Å²) in [5.74, 6) is -0.896. The molecule has 4 nitrogen and oxygen atoms in total. The maximum absolute atomic E-state index is 10.9. The van der Waals surface area contributed by atoms with Crippen molar-refractivity contribution in [3.63, 3.8) is 0 Å². The van der Waals surface area contributed by atoms with E-state index in [-0.39, 0.29) is 0 Å². The van der Waals surface area contributed by atoms with Gasteiger partial charge in [-0.1, -0.05) is 66.7 Å². The van der Waals surface area contributed by atoms with E-state index in [9.17, 15) is 4.79 Å². The first kappa shape index (κ1) is 23.3. The second kappa shape index (κ2) is 9.38. The molecule has 1 aromatic heterocycles. The van der Waals surface area contributed by atoms with Crippen LogP contribution < -0.4 is 0 Å². The largest absolute Gasteiger partial charge is 0.478 e. The summed E-state index contributed by atoms with van der Waals surface area (Å²) < 4.78 is 0. The Balaban J connectivity index is 0.000000141. The molecule has 0 radical (unpaired) electrons. The van der Waals surface area contributed by atoms with Crippen molar-refractivity contribution in [2.45, 2.75) is 25.3 Å². The standard InChI is InChI=1S/C20H21N.C13H9NO2/c1-21(2)16-10-7-15-9-11-18-17-6-4-3-5-14(17)8-12-19(18)20(15)13-16;15-13(16)8-5-6-12-10(7-8)9-3-1-2-4-11(9)14-12/h3-6,8-9,11-12,16H,7,10,13H2,1-2H3;1-7,14H,(H,15,16). The minimum absolute atomic E-state index is 0.317. The highest BCUT2D eigenvalue weighted by atomic mass is 16.4. The summed E-state index contributed by atoms with van der Waals surface area (Å²) in [7, 11) is 4.41. The average Bonchev–Trinajstić information content (AvgIpc) is 3.30. The van der Waals surface area contributed by atoms with E-state index in [0.717, 1.165) is 21.8 Å². The summed E-state index contributed by atoms with van der Waals surface area (Å²) in [5.41, 5.74) is 5.43. The van der Waals surface area contributed by atoms with Crippen molar-refractivity contribution >= 4 is 49.3 Å². The van der Waals surface area contributed by atoms with Crippen molar-refractivity contribution < 1.29 is 9.90 Å². The predicted octanol–water partition coefficient (Wildman–Crippen LogP) is 7.43. The fourth-order valence-electron chi connectivity index (χ4n) is 5.75. The lowest BCUT2D eigenvalue weighted by Gasteiger charge is -2.30. The number of likely N-dealkylation sites (N-methyl/N-ethyl adjacent to an activating group) is 1. The van der Waals surface area contributed by atoms with Gasteiger partial charge in [0, 0.05) is 27.8 Å². The van der Waals surface area contributed by atoms with Crippen LogP contribution in [0.15, 0.2) is 91.0 Å². The molecule has 5 aromatic carbocycles. The zero-order valence-electron chi connectivity index (χ0n) is 21.2. The Morgan fingerprint density at radius 2 is 1.51 bits per heavy atom. The molecule has 1 aliphatic rings. The number of rotatable bonds is 2. The maximum Gasteiger partial charge on any atom is 0.335 e. The molecular weight excluding hydrogens is 456 g/mol. The first-order valence-electron chi connectivity index (χ1n) is 12.8. The molecule has 1 unspecified atom stereocenters. The molecule has 1 atom stereocenters. The van der Waals surface area contributed by atoms with Crippen LogP contribution in [0, 0.1) is 0 Å². The second-order valence-electron chi connectivity index (χ2n) is 10.2. The Hall–Kier alpha value is -4.15. The molecule has 6 aromatic rings. The minimum atomic E-state index is -0.896. The molecular formula is C33H30N2O2. The van der Waals surface area contributed by atoms with Gasteiger partial charge in [-0.25, -0.2) is 4.79 Å². The fraction of sp³-hybridized carbons (Fsp3) is 0.182. The number of aromatic nitrogens is 1. The third-order valence-corrected chi connectivity index (χ3v) is 7.80. The molecule has 0 amide bonds. The van der Waals surface area contributed by atoms with Crippen molar-refractivity contribution in [2.75, 3.05) is 14.1 Å². The van der Waals surface area contributed by atoms with E-state index in [2.05, 4.69) is 72.5 Å². The number of hydrogen-bond donors (Lipinski definition) is 2. The van der Waals surface area contributed by atoms with E-state index >= 15 is 0 Å². The lowest BCUT2D eigenvalue weighted by atomic mass is 9.84. The molecule has 1 heterocycles. The third-order valence-electron chi connectivity index (χ3n) is 7.80. The molecule has 184 valence electrons. The molecule has 0 saturated carbocycles. The van der Waals surface area contributed by atoms with Gasteiger partial charge in [0.15, 0.2) is 0 Å². The number of carboxylic acids is 1. The minimum Gasteiger partial charge on any atom is -0.478 e. The monoisotopic (exact) mass is 486 g/mol. The van der Waals surface area contributed by atoms with Crippen molar-refractivity contribution in [2.24, 2.45) is 0 Å². The third kappa shape index (κ3) is 4.24. The van der Waals surface area contributed by atoms with E-state index in [1.807, 2.05) is 24.3 Å². The summed E-state index contributed by atoms with van der Waals surface area (Å²) in [6.45, 7) is 0. The number of H-pyrrole nitrogens is 1. The van der Waals surface area contributed by atoms with Crippen LogP contribution in [0.4, 0.5) is 0 Å². The van der Waals surface area contributed by atoms with Gasteiger partial charge >= 0.3 is 5.97 Å². The van der Waals surface area contributed by atoms with Crippen molar-refractivity contribution in [3.05, 3.63) is 108 Å². The van der Waals surface area contributed by atoms with Crippen LogP contribution in [0.5, 0.6) is 0 Å². The number of aromatic amines is 1. The Kier molecular flexibility index (Phi) is 5.90. The maximum atomic E-state index is 10.9. The summed E-state index contributed by atoms with van der Waals surface area (Å²) in [6.07, 6.45) is 3.66. The van der Waals surface area contributed by atoms with Gasteiger partial charge in [0.1, 0.15) is 0 Å². The van der Waals surface area contributed by atoms with Crippen LogP contribution in [0.3, 0.4) is 0 Å². The number of nitrogens with zero attached hydrogens (tertiary/aromatic N) is 1. The van der Waals surface area contributed by atoms with E-state index in [4.69, 9.17) is 5.11 Å². The zero-order chi connectivity index (χ0) is 25.5. The first-order valence-corrected chi connectivity index (χ1v) is 12.8. The number of carboxylic acid groups (broad SMARTS) is 1. The van der Waals surface area contributed by atoms with Gasteiger partial charge in [0.25, 0.3) is 0 Å². The van der Waals surface area contributed by atoms with Crippen LogP contribution in [0.25, 0.3) is 43.4 Å². The summed E-state index contributed by atoms with van der Waals surface area (Å²) >= 11 is 0. The van der Waals surface area contributed by atoms with Crippen molar-refractivity contribution in [1.82, 2.24) is 9.88 Å². The van der Waals surface area contributed by atoms with Gasteiger partial charge in [-0.05, 0) is 90.3 Å². The molecule has 4 heteroatoms. The van der Waals surface area contributed by atoms with E-state index in [1.165, 1.54) is 40.8 Å². The highest BCUT2D eigenvalue weighted by Crippen LogP contribution is 2.34. The topological polar surface area (TPSA) is 56.3 Å². The number of hydrogen-bond acceptors (Lipinski definition) is 2. The number of benzene rings is 5. The van der Waals surface area contributed by atoms with E-state index in [0.29, 0.717) is 11.6 Å². The summed E-state index contributed by atoms with van der Waals surface area (Å²) in [6, 6.07) is 31.7. The molecule has 2 N–H and O–H groups in total. The number of fused-ring (bicyclic) bond motifs is 8. The predicted molar refractivity (Wildman–Crippen MR) is 154 cm³/mol. The molecule has 7 rings (SSSR count). The van der Waals surface area contributed by atoms with Gasteiger partial charge in [-0.15, -0.1) is 0 Å². The lowest BCUT2D eigenvalue weighted by Crippen LogP contribution is -2.33. The van der Waals surface area contributed by atoms with Crippen molar-refractivity contribution in [3.8, 4) is 0 Å². The zero-order valence-corrected chi connectivity index (χ0v) is 21.2. The van der Waals surface area contributed by atoms with Gasteiger partial charge in [0.2, 0.25) is 0 Å². The van der Waals surface area contributed by atoms with Gasteiger partial charge in [-0.2, -0.15) is 0 Å². The van der Waals surface area contributed by atoms with Gasteiger partial charge < -0.3 is 15.0 Å². The Morgan fingerprint density at radius 1 is 0.784 bits per heavy atom. The van der Waals surface area contributed by atoms with Crippen LogP contribution in [0.2, 0.25) is 0 Å². The van der Waals surface area contributed by atoms with Gasteiger partial charge in [0.05, 0.1) is 5.56 Å². The van der Waals surface area contributed by atoms with Crippen LogP contribution in [0.1, 0.15) is 27.9 Å². The van der Waals surface area contributed by atoms with Gasteiger partial charge in [-0.3, -0.25) is 0 Å². The summed E-state index contributed by atoms with van der Waals surface area (Å²) in [4.78, 5) is 16.5. The molecule has 0 aliphatic heterocycles. The Labute approximate surface area is 216 Å². The molecule has 1 aliphatic carbocycles. The highest BCUT2D eigenvalue weighted by Gasteiger charge is 2.22. The lowest BCUT2D eigenvalue weighted by molar-refractivity contribution is 0.0697. The Bertz CT molecular complexity index is 1780. The van der Waals surface area contributed by atoms with Crippen molar-refractivity contribution in [1.29, 1.82) is 0 Å². The molecule has 0 bridgehead atoms. The number of aromatic carboxylic acids is 1. The SMILES string of the molecule is CN(C)C1CCc2ccc3c(ccc4ccccc43)c2C1.O=C(O)c1ccc2[nH]c3ccccc3c2c1. The number of para-hydroxylation sites is 1. The Morgan fingerprint density at radius 3 is 2.32 bits per heavy atom. The first-order chi connectivity index (χ1) is 18.0. The summed E-state index contributed by atoms with van der Waals surface area (Å²) in [5, 5.41) is 16.5. The number of nitrogens with one attached hydrogen (secondary N) is 1. The molecule has 0 saturated heterocycles. The normalized spacial score (nSPS) is 15.2.